The Kier molecular flexibility index (Phi) is 6.35. The molecular weight excluding hydrogens is 356 g/mol. The summed E-state index contributed by atoms with van der Waals surface area (Å²) in [5.41, 5.74) is 6.41. The third-order valence-electron chi connectivity index (χ3n) is 4.24. The normalized spacial score (nSPS) is 13.0. The van der Waals surface area contributed by atoms with Crippen molar-refractivity contribution in [3.05, 3.63) is 70.9 Å². The third kappa shape index (κ3) is 5.23. The quantitative estimate of drug-likeness (QED) is 0.693. The van der Waals surface area contributed by atoms with Crippen molar-refractivity contribution in [2.45, 2.75) is 32.9 Å². The van der Waals surface area contributed by atoms with Crippen molar-refractivity contribution in [3.63, 3.8) is 0 Å². The molecule has 1 heterocycles. The Morgan fingerprint density at radius 1 is 1.19 bits per heavy atom. The Morgan fingerprint density at radius 3 is 2.78 bits per heavy atom. The van der Waals surface area contributed by atoms with Crippen LogP contribution in [0.5, 0.6) is 0 Å². The Balaban J connectivity index is 1.83. The van der Waals surface area contributed by atoms with E-state index in [1.54, 1.807) is 11.8 Å². The van der Waals surface area contributed by atoms with E-state index in [-0.39, 0.29) is 12.4 Å². The molecule has 5 heteroatoms. The van der Waals surface area contributed by atoms with E-state index in [1.807, 2.05) is 37.3 Å². The van der Waals surface area contributed by atoms with Crippen molar-refractivity contribution in [2.75, 3.05) is 11.9 Å². The molecule has 3 rings (SSSR count). The van der Waals surface area contributed by atoms with Gasteiger partial charge in [-0.2, -0.15) is 0 Å². The van der Waals surface area contributed by atoms with Gasteiger partial charge in [0.25, 0.3) is 0 Å². The monoisotopic (exact) mass is 380 g/mol. The van der Waals surface area contributed by atoms with Crippen molar-refractivity contribution < 1.29 is 9.53 Å². The lowest BCUT2D eigenvalue weighted by Gasteiger charge is -2.10. The number of aliphatic imine (C=N–C) groups is 1. The minimum Gasteiger partial charge on any atom is -0.466 e. The van der Waals surface area contributed by atoms with Gasteiger partial charge in [0, 0.05) is 11.4 Å². The zero-order chi connectivity index (χ0) is 19.2. The molecule has 0 saturated carbocycles. The molecular formula is C22H24N2O2S. The highest BCUT2D eigenvalue weighted by molar-refractivity contribution is 8.13. The predicted octanol–water partition coefficient (Wildman–Crippen LogP) is 5.53. The second kappa shape index (κ2) is 8.91. The van der Waals surface area contributed by atoms with Gasteiger partial charge in [0.05, 0.1) is 29.4 Å². The number of nitrogens with zero attached hydrogens (tertiary/aromatic N) is 1. The SMILES string of the molecule is CCOC(=O)CC1=CC(SCc2ccc(C)cc2C)=Nc2ccccc2N1. The number of carbonyl (C=O) groups is 1. The highest BCUT2D eigenvalue weighted by atomic mass is 32.2. The van der Waals surface area contributed by atoms with E-state index in [1.165, 1.54) is 16.7 Å². The summed E-state index contributed by atoms with van der Waals surface area (Å²) in [5.74, 6) is 0.588. The van der Waals surface area contributed by atoms with Crippen molar-refractivity contribution in [1.82, 2.24) is 0 Å². The Morgan fingerprint density at radius 2 is 2.00 bits per heavy atom. The minimum atomic E-state index is -0.241. The average Bonchev–Trinajstić information content (AvgIpc) is 2.79. The summed E-state index contributed by atoms with van der Waals surface area (Å²) < 4.78 is 5.10. The van der Waals surface area contributed by atoms with Crippen molar-refractivity contribution >= 4 is 34.1 Å². The molecule has 140 valence electrons. The number of esters is 1. The van der Waals surface area contributed by atoms with Gasteiger partial charge in [-0.25, -0.2) is 4.99 Å². The van der Waals surface area contributed by atoms with E-state index >= 15 is 0 Å². The zero-order valence-corrected chi connectivity index (χ0v) is 16.7. The van der Waals surface area contributed by atoms with Gasteiger partial charge in [0.15, 0.2) is 0 Å². The van der Waals surface area contributed by atoms with Crippen molar-refractivity contribution in [3.8, 4) is 0 Å². The van der Waals surface area contributed by atoms with E-state index in [4.69, 9.17) is 9.73 Å². The Bertz CT molecular complexity index is 903. The number of benzene rings is 2. The first-order valence-corrected chi connectivity index (χ1v) is 10.0. The van der Waals surface area contributed by atoms with Crippen LogP contribution in [0.2, 0.25) is 0 Å². The first kappa shape index (κ1) is 19.2. The summed E-state index contributed by atoms with van der Waals surface area (Å²) in [4.78, 5) is 16.7. The fraction of sp³-hybridized carbons (Fsp3) is 0.273. The molecule has 0 saturated heterocycles. The highest BCUT2D eigenvalue weighted by Gasteiger charge is 2.15. The van der Waals surface area contributed by atoms with E-state index in [2.05, 4.69) is 37.4 Å². The molecule has 4 nitrogen and oxygen atoms in total. The van der Waals surface area contributed by atoms with Gasteiger partial charge in [-0.3, -0.25) is 4.79 Å². The molecule has 0 spiro atoms. The van der Waals surface area contributed by atoms with Crippen molar-refractivity contribution in [2.24, 2.45) is 4.99 Å². The van der Waals surface area contributed by atoms with Crippen LogP contribution >= 0.6 is 11.8 Å². The second-order valence-corrected chi connectivity index (χ2v) is 7.46. The van der Waals surface area contributed by atoms with Gasteiger partial charge in [0.1, 0.15) is 0 Å². The van der Waals surface area contributed by atoms with E-state index in [0.717, 1.165) is 27.9 Å². The number of para-hydroxylation sites is 2. The minimum absolute atomic E-state index is 0.200. The fourth-order valence-electron chi connectivity index (χ4n) is 2.88. The van der Waals surface area contributed by atoms with Gasteiger partial charge in [-0.05, 0) is 50.1 Å². The summed E-state index contributed by atoms with van der Waals surface area (Å²) in [6.45, 7) is 6.43. The summed E-state index contributed by atoms with van der Waals surface area (Å²) in [6.07, 6.45) is 2.15. The lowest BCUT2D eigenvalue weighted by Crippen LogP contribution is -2.10. The Hall–Kier alpha value is -2.53. The first-order valence-electron chi connectivity index (χ1n) is 9.05. The number of rotatable bonds is 5. The largest absolute Gasteiger partial charge is 0.466 e. The molecule has 1 aliphatic rings. The maximum atomic E-state index is 11.9. The third-order valence-corrected chi connectivity index (χ3v) is 5.20. The molecule has 0 fully saturated rings. The molecule has 2 aromatic carbocycles. The molecule has 1 aliphatic heterocycles. The van der Waals surface area contributed by atoms with Crippen LogP contribution < -0.4 is 5.32 Å². The number of nitrogens with one attached hydrogen (secondary N) is 1. The predicted molar refractivity (Wildman–Crippen MR) is 114 cm³/mol. The summed E-state index contributed by atoms with van der Waals surface area (Å²) in [5, 5.41) is 4.21. The molecule has 0 unspecified atom stereocenters. The van der Waals surface area contributed by atoms with Gasteiger partial charge in [-0.15, -0.1) is 11.8 Å². The molecule has 2 aromatic rings. The molecule has 0 bridgehead atoms. The van der Waals surface area contributed by atoms with Gasteiger partial charge < -0.3 is 10.1 Å². The number of aryl methyl sites for hydroxylation is 2. The summed E-state index contributed by atoms with van der Waals surface area (Å²) in [6, 6.07) is 14.4. The number of carbonyl (C=O) groups excluding carboxylic acids is 1. The molecule has 0 radical (unpaired) electrons. The van der Waals surface area contributed by atoms with Crippen LogP contribution in [0.15, 0.2) is 59.2 Å². The van der Waals surface area contributed by atoms with Gasteiger partial charge >= 0.3 is 5.97 Å². The van der Waals surface area contributed by atoms with E-state index in [9.17, 15) is 4.79 Å². The standard InChI is InChI=1S/C22H24N2O2S/c1-4-26-22(25)13-18-12-21(24-20-8-6-5-7-19(20)23-18)27-14-17-10-9-15(2)11-16(17)3/h5-12,23H,4,13-14H2,1-3H3. The lowest BCUT2D eigenvalue weighted by molar-refractivity contribution is -0.142. The van der Waals surface area contributed by atoms with Crippen LogP contribution in [0.3, 0.4) is 0 Å². The van der Waals surface area contributed by atoms with Gasteiger partial charge in [0.2, 0.25) is 0 Å². The zero-order valence-electron chi connectivity index (χ0n) is 15.9. The van der Waals surface area contributed by atoms with Gasteiger partial charge in [-0.1, -0.05) is 35.9 Å². The number of ether oxygens (including phenoxy) is 1. The average molecular weight is 381 g/mol. The second-order valence-electron chi connectivity index (χ2n) is 6.46. The number of anilines is 1. The maximum absolute atomic E-state index is 11.9. The smallest absolute Gasteiger partial charge is 0.311 e. The molecule has 0 aromatic heterocycles. The molecule has 0 aliphatic carbocycles. The summed E-state index contributed by atoms with van der Waals surface area (Å²) >= 11 is 1.67. The molecule has 27 heavy (non-hydrogen) atoms. The van der Waals surface area contributed by atoms with E-state index in [0.29, 0.717) is 6.61 Å². The molecule has 1 N–H and O–H groups in total. The summed E-state index contributed by atoms with van der Waals surface area (Å²) in [7, 11) is 0. The number of hydrogen-bond acceptors (Lipinski definition) is 5. The topological polar surface area (TPSA) is 50.7 Å². The number of hydrogen-bond donors (Lipinski definition) is 1. The fourth-order valence-corrected chi connectivity index (χ4v) is 3.90. The van der Waals surface area contributed by atoms with Crippen LogP contribution in [0.25, 0.3) is 0 Å². The highest BCUT2D eigenvalue weighted by Crippen LogP contribution is 2.32. The van der Waals surface area contributed by atoms with Crippen molar-refractivity contribution in [1.29, 1.82) is 0 Å². The van der Waals surface area contributed by atoms with Crippen LogP contribution in [-0.2, 0) is 15.3 Å². The van der Waals surface area contributed by atoms with E-state index < -0.39 is 0 Å². The van der Waals surface area contributed by atoms with Crippen LogP contribution in [0.1, 0.15) is 30.0 Å². The molecule has 0 amide bonds. The number of fused-ring (bicyclic) bond motifs is 1. The lowest BCUT2D eigenvalue weighted by atomic mass is 10.1. The van der Waals surface area contributed by atoms with Crippen LogP contribution in [-0.4, -0.2) is 17.6 Å². The van der Waals surface area contributed by atoms with Crippen LogP contribution in [0.4, 0.5) is 11.4 Å². The van der Waals surface area contributed by atoms with Crippen LogP contribution in [0, 0.1) is 13.8 Å². The number of thioether (sulfide) groups is 1. The first-order chi connectivity index (χ1) is 13.0. The molecule has 0 atom stereocenters. The Labute approximate surface area is 164 Å². The maximum Gasteiger partial charge on any atom is 0.311 e.